The molecule has 1 aromatic heterocycles. The van der Waals surface area contributed by atoms with Gasteiger partial charge in [0.1, 0.15) is 23.6 Å². The summed E-state index contributed by atoms with van der Waals surface area (Å²) in [5.41, 5.74) is 1.64. The fourth-order valence-electron chi connectivity index (χ4n) is 4.70. The zero-order valence-electron chi connectivity index (χ0n) is 14.1. The van der Waals surface area contributed by atoms with Crippen LogP contribution < -0.4 is 0 Å². The number of carbonyl (C=O) groups is 2. The predicted molar refractivity (Wildman–Crippen MR) is 87.0 cm³/mol. The van der Waals surface area contributed by atoms with Crippen LogP contribution in [0.5, 0.6) is 0 Å². The van der Waals surface area contributed by atoms with Crippen molar-refractivity contribution in [2.75, 3.05) is 0 Å². The Bertz CT molecular complexity index is 907. The maximum absolute atomic E-state index is 13.1. The zero-order valence-corrected chi connectivity index (χ0v) is 14.1. The second kappa shape index (κ2) is 5.40. The van der Waals surface area contributed by atoms with E-state index in [0.717, 1.165) is 12.8 Å². The molecule has 2 heterocycles. The maximum Gasteiger partial charge on any atom is 0.342 e. The standard InChI is InChI=1S/C19H17FN2O4/c1-9-15(8-21-22(9)12-4-2-11(20)3-5-12)19(24)25-16-10-6-13-14(7-10)18(23)26-17(13)16/h2-5,8,10,13-14,16-17H,6-7H2,1H3/t10-,13+,14+,16-,17-/m1/s1. The predicted octanol–water partition coefficient (Wildman–Crippen LogP) is 2.43. The molecule has 1 aliphatic heterocycles. The average molecular weight is 356 g/mol. The van der Waals surface area contributed by atoms with Crippen LogP contribution in [-0.2, 0) is 14.3 Å². The highest BCUT2D eigenvalue weighted by Crippen LogP contribution is 2.55. The first-order valence-corrected chi connectivity index (χ1v) is 8.75. The van der Waals surface area contributed by atoms with Crippen molar-refractivity contribution in [1.82, 2.24) is 9.78 Å². The van der Waals surface area contributed by atoms with Crippen molar-refractivity contribution in [3.8, 4) is 5.69 Å². The Hall–Kier alpha value is -2.70. The van der Waals surface area contributed by atoms with Crippen LogP contribution in [0.25, 0.3) is 5.69 Å². The Morgan fingerprint density at radius 1 is 1.31 bits per heavy atom. The van der Waals surface area contributed by atoms with Gasteiger partial charge in [-0.15, -0.1) is 0 Å². The number of rotatable bonds is 3. The van der Waals surface area contributed by atoms with Crippen molar-refractivity contribution < 1.29 is 23.5 Å². The third kappa shape index (κ3) is 2.12. The van der Waals surface area contributed by atoms with Gasteiger partial charge in [-0.1, -0.05) is 0 Å². The minimum Gasteiger partial charge on any atom is -0.458 e. The summed E-state index contributed by atoms with van der Waals surface area (Å²) >= 11 is 0. The first-order valence-electron chi connectivity index (χ1n) is 8.75. The summed E-state index contributed by atoms with van der Waals surface area (Å²) in [5.74, 6) is -0.581. The fourth-order valence-corrected chi connectivity index (χ4v) is 4.70. The Labute approximate surface area is 148 Å². The number of carbonyl (C=O) groups excluding carboxylic acids is 2. The SMILES string of the molecule is Cc1c(C(=O)O[C@@H]2[C@@H]3C[C@@H]4[C@H]2OC(=O)[C@H]4C3)cnn1-c1ccc(F)cc1. The van der Waals surface area contributed by atoms with Crippen molar-refractivity contribution >= 4 is 11.9 Å². The van der Waals surface area contributed by atoms with Crippen molar-refractivity contribution in [1.29, 1.82) is 0 Å². The van der Waals surface area contributed by atoms with Gasteiger partial charge in [0.25, 0.3) is 0 Å². The van der Waals surface area contributed by atoms with Crippen molar-refractivity contribution in [2.24, 2.45) is 17.8 Å². The molecule has 2 bridgehead atoms. The van der Waals surface area contributed by atoms with E-state index in [1.54, 1.807) is 23.7 Å². The van der Waals surface area contributed by atoms with Gasteiger partial charge < -0.3 is 9.47 Å². The lowest BCUT2D eigenvalue weighted by molar-refractivity contribution is -0.146. The number of nitrogens with zero attached hydrogens (tertiary/aromatic N) is 2. The van der Waals surface area contributed by atoms with E-state index >= 15 is 0 Å². The van der Waals surface area contributed by atoms with Crippen LogP contribution in [-0.4, -0.2) is 33.9 Å². The average Bonchev–Trinajstić information content (AvgIpc) is 3.33. The zero-order chi connectivity index (χ0) is 18.0. The van der Waals surface area contributed by atoms with Crippen LogP contribution in [0.2, 0.25) is 0 Å². The van der Waals surface area contributed by atoms with E-state index in [9.17, 15) is 14.0 Å². The van der Waals surface area contributed by atoms with Gasteiger partial charge in [-0.2, -0.15) is 5.10 Å². The second-order valence-electron chi connectivity index (χ2n) is 7.31. The van der Waals surface area contributed by atoms with E-state index in [2.05, 4.69) is 5.10 Å². The summed E-state index contributed by atoms with van der Waals surface area (Å²) in [6, 6.07) is 5.88. The van der Waals surface area contributed by atoms with Crippen LogP contribution in [0.3, 0.4) is 0 Å². The topological polar surface area (TPSA) is 70.4 Å². The minimum atomic E-state index is -0.465. The van der Waals surface area contributed by atoms with E-state index in [1.165, 1.54) is 18.3 Å². The Kier molecular flexibility index (Phi) is 3.23. The third-order valence-corrected chi connectivity index (χ3v) is 5.96. The fraction of sp³-hybridized carbons (Fsp3) is 0.421. The lowest BCUT2D eigenvalue weighted by Gasteiger charge is -2.25. The molecule has 0 spiro atoms. The number of halogens is 1. The van der Waals surface area contributed by atoms with Crippen LogP contribution in [0.15, 0.2) is 30.5 Å². The van der Waals surface area contributed by atoms with Gasteiger partial charge in [0, 0.05) is 11.8 Å². The van der Waals surface area contributed by atoms with Gasteiger partial charge in [-0.05, 0) is 44.0 Å². The normalized spacial score (nSPS) is 31.3. The molecule has 0 unspecified atom stereocenters. The molecule has 5 atom stereocenters. The van der Waals surface area contributed by atoms with Crippen molar-refractivity contribution in [2.45, 2.75) is 32.0 Å². The number of fused-ring (bicyclic) bond motifs is 1. The van der Waals surface area contributed by atoms with Crippen LogP contribution in [0.1, 0.15) is 28.9 Å². The number of aromatic nitrogens is 2. The molecule has 0 radical (unpaired) electrons. The van der Waals surface area contributed by atoms with Gasteiger partial charge in [-0.3, -0.25) is 4.79 Å². The smallest absolute Gasteiger partial charge is 0.342 e. The van der Waals surface area contributed by atoms with Gasteiger partial charge in [0.15, 0.2) is 0 Å². The molecule has 0 N–H and O–H groups in total. The van der Waals surface area contributed by atoms with Crippen LogP contribution >= 0.6 is 0 Å². The summed E-state index contributed by atoms with van der Waals surface area (Å²) in [4.78, 5) is 24.5. The molecule has 5 rings (SSSR count). The summed E-state index contributed by atoms with van der Waals surface area (Å²) < 4.78 is 25.8. The molecular formula is C19H17FN2O4. The molecule has 0 amide bonds. The monoisotopic (exact) mass is 356 g/mol. The highest BCUT2D eigenvalue weighted by Gasteiger charge is 2.63. The third-order valence-electron chi connectivity index (χ3n) is 5.96. The van der Waals surface area contributed by atoms with Gasteiger partial charge >= 0.3 is 11.9 Å². The maximum atomic E-state index is 13.1. The van der Waals surface area contributed by atoms with Crippen molar-refractivity contribution in [3.63, 3.8) is 0 Å². The van der Waals surface area contributed by atoms with E-state index in [4.69, 9.17) is 9.47 Å². The number of hydrogen-bond donors (Lipinski definition) is 0. The molecule has 6 nitrogen and oxygen atoms in total. The highest BCUT2D eigenvalue weighted by molar-refractivity contribution is 5.90. The summed E-state index contributed by atoms with van der Waals surface area (Å²) in [6.07, 6.45) is 2.41. The van der Waals surface area contributed by atoms with Gasteiger partial charge in [-0.25, -0.2) is 13.9 Å². The van der Waals surface area contributed by atoms with Crippen LogP contribution in [0, 0.1) is 30.5 Å². The van der Waals surface area contributed by atoms with E-state index < -0.39 is 5.97 Å². The quantitative estimate of drug-likeness (QED) is 0.790. The first-order chi connectivity index (χ1) is 12.5. The Morgan fingerprint density at radius 3 is 2.85 bits per heavy atom. The number of ether oxygens (including phenoxy) is 2. The number of benzene rings is 1. The molecule has 2 aromatic rings. The molecule has 3 fully saturated rings. The van der Waals surface area contributed by atoms with Crippen LogP contribution in [0.4, 0.5) is 4.39 Å². The second-order valence-corrected chi connectivity index (χ2v) is 7.31. The molecular weight excluding hydrogens is 339 g/mol. The first kappa shape index (κ1) is 15.5. The van der Waals surface area contributed by atoms with Gasteiger partial charge in [0.05, 0.1) is 23.5 Å². The highest BCUT2D eigenvalue weighted by atomic mass is 19.1. The summed E-state index contributed by atoms with van der Waals surface area (Å²) in [6.45, 7) is 1.76. The van der Waals surface area contributed by atoms with Gasteiger partial charge in [0.2, 0.25) is 0 Å². The molecule has 2 aliphatic carbocycles. The molecule has 26 heavy (non-hydrogen) atoms. The molecule has 1 aromatic carbocycles. The Morgan fingerprint density at radius 2 is 2.08 bits per heavy atom. The number of hydrogen-bond acceptors (Lipinski definition) is 5. The molecule has 134 valence electrons. The minimum absolute atomic E-state index is 0.0112. The molecule has 2 saturated carbocycles. The largest absolute Gasteiger partial charge is 0.458 e. The Balaban J connectivity index is 1.37. The summed E-state index contributed by atoms with van der Waals surface area (Å²) in [7, 11) is 0. The van der Waals surface area contributed by atoms with E-state index in [1.807, 2.05) is 0 Å². The number of esters is 2. The van der Waals surface area contributed by atoms with E-state index in [-0.39, 0.29) is 41.7 Å². The summed E-state index contributed by atoms with van der Waals surface area (Å²) in [5, 5.41) is 4.23. The lowest BCUT2D eigenvalue weighted by Crippen LogP contribution is -2.36. The molecule has 1 saturated heterocycles. The molecule has 3 aliphatic rings. The van der Waals surface area contributed by atoms with Crippen molar-refractivity contribution in [3.05, 3.63) is 47.5 Å². The molecule has 7 heteroatoms. The lowest BCUT2D eigenvalue weighted by atomic mass is 9.88. The van der Waals surface area contributed by atoms with E-state index in [0.29, 0.717) is 16.9 Å².